The molecule has 0 N–H and O–H groups in total. The first-order chi connectivity index (χ1) is 14.8. The Labute approximate surface area is 177 Å². The summed E-state index contributed by atoms with van der Waals surface area (Å²) in [6, 6.07) is 5.73. The van der Waals surface area contributed by atoms with Gasteiger partial charge in [-0.2, -0.15) is 13.2 Å². The average molecular weight is 426 g/mol. The highest BCUT2D eigenvalue weighted by Crippen LogP contribution is 2.32. The third-order valence-corrected chi connectivity index (χ3v) is 5.39. The number of carbonyl (C=O) groups is 1. The highest BCUT2D eigenvalue weighted by Gasteiger charge is 2.40. The van der Waals surface area contributed by atoms with Crippen LogP contribution in [0.15, 0.2) is 47.9 Å². The third-order valence-electron chi connectivity index (χ3n) is 5.39. The molecule has 0 atom stereocenters. The van der Waals surface area contributed by atoms with Crippen LogP contribution in [-0.2, 0) is 12.8 Å². The van der Waals surface area contributed by atoms with Crippen LogP contribution in [0.4, 0.5) is 13.2 Å². The van der Waals surface area contributed by atoms with E-state index in [-0.39, 0.29) is 17.9 Å². The Bertz CT molecular complexity index is 1220. The lowest BCUT2D eigenvalue weighted by Crippen LogP contribution is -2.23. The number of fused-ring (bicyclic) bond motifs is 1. The lowest BCUT2D eigenvalue weighted by Gasteiger charge is -2.11. The number of imidazole rings is 1. The Hall–Kier alpha value is -3.29. The number of carbonyl (C=O) groups excluding carboxylic acids is 1. The number of aryl methyl sites for hydroxylation is 1. The van der Waals surface area contributed by atoms with Gasteiger partial charge in [-0.15, -0.1) is 0 Å². The second-order valence-corrected chi connectivity index (χ2v) is 7.31. The minimum absolute atomic E-state index is 0.00201. The van der Waals surface area contributed by atoms with Crippen LogP contribution in [0, 0.1) is 0 Å². The molecule has 0 radical (unpaired) electrons. The molecule has 1 aromatic carbocycles. The Kier molecular flexibility index (Phi) is 5.47. The molecule has 3 aromatic rings. The largest absolute Gasteiger partial charge is 0.433 e. The van der Waals surface area contributed by atoms with E-state index in [1.165, 1.54) is 12.3 Å². The van der Waals surface area contributed by atoms with Crippen molar-refractivity contribution in [3.8, 4) is 0 Å². The summed E-state index contributed by atoms with van der Waals surface area (Å²) < 4.78 is 41.6. The number of aromatic nitrogens is 3. The summed E-state index contributed by atoms with van der Waals surface area (Å²) in [5.41, 5.74) is 3.31. The number of ketones is 1. The topological polar surface area (TPSA) is 59.6 Å². The van der Waals surface area contributed by atoms with E-state index in [9.17, 15) is 18.0 Å². The van der Waals surface area contributed by atoms with E-state index in [0.29, 0.717) is 29.9 Å². The van der Waals surface area contributed by atoms with Gasteiger partial charge in [0.15, 0.2) is 11.4 Å². The van der Waals surface area contributed by atoms with Gasteiger partial charge in [-0.3, -0.25) is 19.2 Å². The van der Waals surface area contributed by atoms with E-state index in [1.54, 1.807) is 16.8 Å². The number of alkyl halides is 3. The fourth-order valence-electron chi connectivity index (χ4n) is 3.88. The van der Waals surface area contributed by atoms with Crippen LogP contribution in [0.3, 0.4) is 0 Å². The van der Waals surface area contributed by atoms with Crippen molar-refractivity contribution < 1.29 is 18.0 Å². The molecule has 0 saturated carbocycles. The van der Waals surface area contributed by atoms with Gasteiger partial charge in [0.1, 0.15) is 5.71 Å². The van der Waals surface area contributed by atoms with Crippen molar-refractivity contribution >= 4 is 22.7 Å². The molecule has 160 valence electrons. The van der Waals surface area contributed by atoms with Crippen LogP contribution in [0.2, 0.25) is 0 Å². The Balaban J connectivity index is 1.70. The summed E-state index contributed by atoms with van der Waals surface area (Å²) >= 11 is 0. The summed E-state index contributed by atoms with van der Waals surface area (Å²) in [5, 5.41) is 0. The van der Waals surface area contributed by atoms with E-state index in [1.807, 2.05) is 32.0 Å². The van der Waals surface area contributed by atoms with Crippen molar-refractivity contribution in [2.45, 2.75) is 39.3 Å². The van der Waals surface area contributed by atoms with Gasteiger partial charge in [0, 0.05) is 36.4 Å². The number of hydrogen-bond acceptors (Lipinski definition) is 4. The van der Waals surface area contributed by atoms with E-state index in [4.69, 9.17) is 0 Å². The van der Waals surface area contributed by atoms with E-state index in [2.05, 4.69) is 15.0 Å². The van der Waals surface area contributed by atoms with E-state index in [0.717, 1.165) is 23.1 Å². The van der Waals surface area contributed by atoms with Gasteiger partial charge in [-0.05, 0) is 17.5 Å². The molecule has 0 amide bonds. The number of benzene rings is 1. The van der Waals surface area contributed by atoms with Crippen molar-refractivity contribution in [1.82, 2.24) is 14.4 Å². The normalized spacial score (nSPS) is 14.1. The number of halogens is 3. The maximum absolute atomic E-state index is 13.3. The zero-order valence-electron chi connectivity index (χ0n) is 17.2. The molecule has 4 rings (SSSR count). The van der Waals surface area contributed by atoms with E-state index >= 15 is 0 Å². The van der Waals surface area contributed by atoms with Gasteiger partial charge in [0.05, 0.1) is 24.1 Å². The molecule has 8 heteroatoms. The molecule has 1 aliphatic rings. The zero-order valence-corrected chi connectivity index (χ0v) is 17.2. The first-order valence-electron chi connectivity index (χ1n) is 10.1. The van der Waals surface area contributed by atoms with Gasteiger partial charge in [0.25, 0.3) is 0 Å². The average Bonchev–Trinajstić information content (AvgIpc) is 3.40. The quantitative estimate of drug-likeness (QED) is 0.528. The van der Waals surface area contributed by atoms with Gasteiger partial charge in [-0.1, -0.05) is 38.1 Å². The second-order valence-electron chi connectivity index (χ2n) is 7.31. The lowest BCUT2D eigenvalue weighted by molar-refractivity contribution is -0.0571. The molecule has 0 saturated heterocycles. The van der Waals surface area contributed by atoms with Crippen molar-refractivity contribution in [2.75, 3.05) is 6.54 Å². The molecule has 0 aliphatic carbocycles. The Morgan fingerprint density at radius 1 is 1.19 bits per heavy atom. The minimum Gasteiger partial charge on any atom is -0.297 e. The summed E-state index contributed by atoms with van der Waals surface area (Å²) in [4.78, 5) is 24.5. The van der Waals surface area contributed by atoms with E-state index < -0.39 is 11.9 Å². The molecule has 0 unspecified atom stereocenters. The highest BCUT2D eigenvalue weighted by atomic mass is 19.4. The van der Waals surface area contributed by atoms with Gasteiger partial charge in [-0.25, -0.2) is 4.98 Å². The Morgan fingerprint density at radius 3 is 2.71 bits per heavy atom. The van der Waals surface area contributed by atoms with Crippen LogP contribution in [-0.4, -0.2) is 38.6 Å². The van der Waals surface area contributed by atoms with Crippen LogP contribution >= 0.6 is 0 Å². The van der Waals surface area contributed by atoms with Gasteiger partial charge < -0.3 is 0 Å². The van der Waals surface area contributed by atoms with Crippen LogP contribution in [0.25, 0.3) is 11.2 Å². The molecular formula is C23H21F3N4O. The fourth-order valence-corrected chi connectivity index (χ4v) is 3.88. The molecule has 0 spiro atoms. The number of nitrogens with zero attached hydrogens (tertiary/aromatic N) is 4. The van der Waals surface area contributed by atoms with Crippen molar-refractivity contribution in [1.29, 1.82) is 0 Å². The predicted molar refractivity (Wildman–Crippen MR) is 113 cm³/mol. The number of Topliss-reactive ketones (excluding diaryl/α,β-unsaturated/α-hetero) is 1. The van der Waals surface area contributed by atoms with Gasteiger partial charge >= 0.3 is 6.18 Å². The summed E-state index contributed by atoms with van der Waals surface area (Å²) in [7, 11) is 0. The maximum atomic E-state index is 13.3. The number of hydrogen-bond donors (Lipinski definition) is 0. The zero-order chi connectivity index (χ0) is 22.2. The van der Waals surface area contributed by atoms with Crippen LogP contribution in [0.5, 0.6) is 0 Å². The number of aliphatic imine (C=N–C) groups is 1. The monoisotopic (exact) mass is 426 g/mol. The van der Waals surface area contributed by atoms with Crippen LogP contribution in [0.1, 0.15) is 53.1 Å². The predicted octanol–water partition coefficient (Wildman–Crippen LogP) is 4.88. The molecule has 0 fully saturated rings. The first kappa shape index (κ1) is 21.0. The van der Waals surface area contributed by atoms with Crippen molar-refractivity contribution in [3.05, 3.63) is 70.9 Å². The molecule has 0 bridgehead atoms. The Morgan fingerprint density at radius 2 is 2.00 bits per heavy atom. The van der Waals surface area contributed by atoms with Crippen molar-refractivity contribution in [3.63, 3.8) is 0 Å². The number of allylic oxidation sites excluding steroid dienone is 1. The third kappa shape index (κ3) is 3.89. The minimum atomic E-state index is -4.52. The molecule has 3 heterocycles. The molecule has 1 aliphatic heterocycles. The molecule has 5 nitrogen and oxygen atoms in total. The fraction of sp³-hybridized carbons (Fsp3) is 0.304. The SMILES string of the molecule is CCC(=O)c1ccc(Cc2nccn3c(C4=CCN=C4C(F)(F)F)cnc23)cc1CC. The maximum Gasteiger partial charge on any atom is 0.433 e. The summed E-state index contributed by atoms with van der Waals surface area (Å²) in [6.45, 7) is 3.84. The first-order valence-corrected chi connectivity index (χ1v) is 10.1. The number of rotatable bonds is 6. The summed E-state index contributed by atoms with van der Waals surface area (Å²) in [5.74, 6) is 0.105. The molecular weight excluding hydrogens is 405 g/mol. The standard InChI is InChI=1S/C23H21F3N4O/c1-3-15-11-14(5-6-16(15)20(31)4-2)12-18-22-29-13-19(30(22)10-9-27-18)17-7-8-28-21(17)23(24,25)26/h5-7,9-11,13H,3-4,8,12H2,1-2H3. The van der Waals surface area contributed by atoms with Crippen LogP contribution < -0.4 is 0 Å². The van der Waals surface area contributed by atoms with Crippen molar-refractivity contribution in [2.24, 2.45) is 4.99 Å². The highest BCUT2D eigenvalue weighted by molar-refractivity contribution is 6.27. The lowest BCUT2D eigenvalue weighted by atomic mass is 9.96. The summed E-state index contributed by atoms with van der Waals surface area (Å²) in [6.07, 6.45) is 3.17. The molecule has 31 heavy (non-hydrogen) atoms. The van der Waals surface area contributed by atoms with Gasteiger partial charge in [0.2, 0.25) is 0 Å². The second kappa shape index (κ2) is 8.09. The molecule has 2 aromatic heterocycles. The smallest absolute Gasteiger partial charge is 0.297 e.